The summed E-state index contributed by atoms with van der Waals surface area (Å²) in [5, 5.41) is -0.560. The SMILES string of the molecule is O=C1[C@H]2SCC(=O)N(c3ccccc3)[C@@H]2C(=O)N1c1ccccc1. The first-order valence-corrected chi connectivity index (χ1v) is 8.65. The zero-order valence-electron chi connectivity index (χ0n) is 12.7. The Kier molecular flexibility index (Phi) is 3.61. The summed E-state index contributed by atoms with van der Waals surface area (Å²) < 4.78 is 0. The van der Waals surface area contributed by atoms with E-state index in [-0.39, 0.29) is 23.5 Å². The summed E-state index contributed by atoms with van der Waals surface area (Å²) in [7, 11) is 0. The van der Waals surface area contributed by atoms with E-state index in [1.807, 2.05) is 24.3 Å². The molecule has 4 rings (SSSR count). The predicted molar refractivity (Wildman–Crippen MR) is 92.9 cm³/mol. The molecule has 120 valence electrons. The van der Waals surface area contributed by atoms with Gasteiger partial charge in [0.15, 0.2) is 0 Å². The summed E-state index contributed by atoms with van der Waals surface area (Å²) >= 11 is 1.25. The van der Waals surface area contributed by atoms with Gasteiger partial charge in [0.2, 0.25) is 11.8 Å². The fourth-order valence-electron chi connectivity index (χ4n) is 3.15. The number of carbonyl (C=O) groups is 3. The second-order valence-electron chi connectivity index (χ2n) is 5.62. The molecule has 0 unspecified atom stereocenters. The van der Waals surface area contributed by atoms with Gasteiger partial charge in [-0.2, -0.15) is 0 Å². The fraction of sp³-hybridized carbons (Fsp3) is 0.167. The molecule has 0 bridgehead atoms. The number of thioether (sulfide) groups is 1. The van der Waals surface area contributed by atoms with Crippen molar-refractivity contribution in [2.75, 3.05) is 15.6 Å². The van der Waals surface area contributed by atoms with Crippen LogP contribution in [-0.2, 0) is 14.4 Å². The molecule has 6 heteroatoms. The highest BCUT2D eigenvalue weighted by atomic mass is 32.2. The first-order valence-electron chi connectivity index (χ1n) is 7.60. The zero-order chi connectivity index (χ0) is 16.7. The van der Waals surface area contributed by atoms with E-state index in [9.17, 15) is 14.4 Å². The van der Waals surface area contributed by atoms with E-state index < -0.39 is 11.3 Å². The molecule has 2 aromatic carbocycles. The number of para-hydroxylation sites is 2. The molecule has 24 heavy (non-hydrogen) atoms. The molecule has 0 saturated carbocycles. The van der Waals surface area contributed by atoms with Crippen molar-refractivity contribution in [2.24, 2.45) is 0 Å². The summed E-state index contributed by atoms with van der Waals surface area (Å²) in [6.07, 6.45) is 0. The van der Waals surface area contributed by atoms with Crippen molar-refractivity contribution < 1.29 is 14.4 Å². The van der Waals surface area contributed by atoms with Gasteiger partial charge in [-0.25, -0.2) is 4.90 Å². The number of carbonyl (C=O) groups excluding carboxylic acids is 3. The van der Waals surface area contributed by atoms with Gasteiger partial charge in [0.05, 0.1) is 11.4 Å². The lowest BCUT2D eigenvalue weighted by molar-refractivity contribution is -0.123. The van der Waals surface area contributed by atoms with Crippen LogP contribution in [0.15, 0.2) is 60.7 Å². The van der Waals surface area contributed by atoms with Crippen molar-refractivity contribution in [2.45, 2.75) is 11.3 Å². The van der Waals surface area contributed by atoms with Crippen LogP contribution in [0.4, 0.5) is 11.4 Å². The molecule has 2 fully saturated rings. The molecule has 2 aliphatic heterocycles. The van der Waals surface area contributed by atoms with E-state index in [1.54, 1.807) is 36.4 Å². The van der Waals surface area contributed by atoms with Crippen LogP contribution >= 0.6 is 11.8 Å². The molecule has 2 aliphatic rings. The number of hydrogen-bond acceptors (Lipinski definition) is 4. The fourth-order valence-corrected chi connectivity index (χ4v) is 4.28. The number of imide groups is 1. The third kappa shape index (κ3) is 2.22. The average Bonchev–Trinajstić information content (AvgIpc) is 2.87. The largest absolute Gasteiger partial charge is 0.297 e. The molecule has 0 radical (unpaired) electrons. The lowest BCUT2D eigenvalue weighted by Crippen LogP contribution is -2.53. The van der Waals surface area contributed by atoms with Crippen molar-refractivity contribution in [3.63, 3.8) is 0 Å². The Balaban J connectivity index is 1.77. The molecular formula is C18H14N2O3S. The monoisotopic (exact) mass is 338 g/mol. The van der Waals surface area contributed by atoms with Crippen molar-refractivity contribution in [1.82, 2.24) is 0 Å². The van der Waals surface area contributed by atoms with Crippen LogP contribution in [-0.4, -0.2) is 34.8 Å². The van der Waals surface area contributed by atoms with Crippen molar-refractivity contribution in [3.05, 3.63) is 60.7 Å². The molecule has 3 amide bonds. The van der Waals surface area contributed by atoms with E-state index in [0.717, 1.165) is 0 Å². The van der Waals surface area contributed by atoms with Crippen LogP contribution in [0.1, 0.15) is 0 Å². The number of rotatable bonds is 2. The van der Waals surface area contributed by atoms with Crippen LogP contribution in [0.5, 0.6) is 0 Å². The first-order chi connectivity index (χ1) is 11.7. The minimum absolute atomic E-state index is 0.150. The van der Waals surface area contributed by atoms with Gasteiger partial charge in [-0.05, 0) is 24.3 Å². The number of nitrogens with zero attached hydrogens (tertiary/aromatic N) is 2. The Morgan fingerprint density at radius 2 is 1.38 bits per heavy atom. The van der Waals surface area contributed by atoms with Crippen LogP contribution in [0.2, 0.25) is 0 Å². The van der Waals surface area contributed by atoms with E-state index in [1.165, 1.54) is 21.6 Å². The minimum Gasteiger partial charge on any atom is -0.297 e. The molecular weight excluding hydrogens is 324 g/mol. The lowest BCUT2D eigenvalue weighted by atomic mass is 10.1. The van der Waals surface area contributed by atoms with Gasteiger partial charge in [-0.15, -0.1) is 11.8 Å². The van der Waals surface area contributed by atoms with Crippen molar-refractivity contribution in [3.8, 4) is 0 Å². The Hall–Kier alpha value is -2.60. The van der Waals surface area contributed by atoms with Crippen LogP contribution in [0.3, 0.4) is 0 Å². The summed E-state index contributed by atoms with van der Waals surface area (Å²) in [5.41, 5.74) is 1.19. The Bertz CT molecular complexity index is 810. The van der Waals surface area contributed by atoms with Crippen LogP contribution < -0.4 is 9.80 Å². The predicted octanol–water partition coefficient (Wildman–Crippen LogP) is 2.08. The van der Waals surface area contributed by atoms with E-state index in [2.05, 4.69) is 0 Å². The number of fused-ring (bicyclic) bond motifs is 1. The molecule has 2 saturated heterocycles. The Morgan fingerprint density at radius 1 is 0.792 bits per heavy atom. The van der Waals surface area contributed by atoms with Crippen LogP contribution in [0.25, 0.3) is 0 Å². The van der Waals surface area contributed by atoms with Crippen molar-refractivity contribution in [1.29, 1.82) is 0 Å². The summed E-state index contributed by atoms with van der Waals surface area (Å²) in [5.74, 6) is -0.559. The second-order valence-corrected chi connectivity index (χ2v) is 6.75. The zero-order valence-corrected chi connectivity index (χ0v) is 13.5. The number of benzene rings is 2. The maximum Gasteiger partial charge on any atom is 0.258 e. The van der Waals surface area contributed by atoms with Gasteiger partial charge in [-0.1, -0.05) is 36.4 Å². The normalized spacial score (nSPS) is 23.6. The van der Waals surface area contributed by atoms with Gasteiger partial charge in [-0.3, -0.25) is 19.3 Å². The van der Waals surface area contributed by atoms with Crippen molar-refractivity contribution >= 4 is 40.9 Å². The molecule has 0 aromatic heterocycles. The van der Waals surface area contributed by atoms with Gasteiger partial charge in [0, 0.05) is 5.69 Å². The van der Waals surface area contributed by atoms with Crippen LogP contribution in [0, 0.1) is 0 Å². The molecule has 0 N–H and O–H groups in total. The van der Waals surface area contributed by atoms with E-state index in [0.29, 0.717) is 11.4 Å². The van der Waals surface area contributed by atoms with Gasteiger partial charge in [0.1, 0.15) is 11.3 Å². The minimum atomic E-state index is -0.786. The van der Waals surface area contributed by atoms with Gasteiger partial charge in [0.25, 0.3) is 5.91 Å². The van der Waals surface area contributed by atoms with Gasteiger partial charge < -0.3 is 0 Å². The van der Waals surface area contributed by atoms with Gasteiger partial charge >= 0.3 is 0 Å². The standard InChI is InChI=1S/C18H14N2O3S/c21-14-11-24-16-15(19(14)12-7-3-1-4-8-12)17(22)20(18(16)23)13-9-5-2-6-10-13/h1-10,15-16H,11H2/t15-,16-/m0/s1. The Morgan fingerprint density at radius 3 is 2.00 bits per heavy atom. The van der Waals surface area contributed by atoms with E-state index >= 15 is 0 Å². The summed E-state index contributed by atoms with van der Waals surface area (Å²) in [4.78, 5) is 40.9. The molecule has 2 atom stereocenters. The smallest absolute Gasteiger partial charge is 0.258 e. The summed E-state index contributed by atoms with van der Waals surface area (Å²) in [6.45, 7) is 0. The third-order valence-corrected chi connectivity index (χ3v) is 5.44. The maximum atomic E-state index is 13.0. The topological polar surface area (TPSA) is 57.7 Å². The lowest BCUT2D eigenvalue weighted by Gasteiger charge is -2.34. The first kappa shape index (κ1) is 15.0. The Labute approximate surface area is 143 Å². The highest BCUT2D eigenvalue weighted by Gasteiger charge is 2.55. The molecule has 0 spiro atoms. The maximum absolute atomic E-state index is 13.0. The second kappa shape index (κ2) is 5.79. The molecule has 2 aromatic rings. The third-order valence-electron chi connectivity index (χ3n) is 4.21. The quantitative estimate of drug-likeness (QED) is 0.787. The number of amides is 3. The highest BCUT2D eigenvalue weighted by Crippen LogP contribution is 2.38. The molecule has 2 heterocycles. The number of hydrogen-bond donors (Lipinski definition) is 0. The molecule has 0 aliphatic carbocycles. The summed E-state index contributed by atoms with van der Waals surface area (Å²) in [6, 6.07) is 17.1. The highest BCUT2D eigenvalue weighted by molar-refractivity contribution is 8.01. The molecule has 5 nitrogen and oxygen atoms in total. The van der Waals surface area contributed by atoms with E-state index in [4.69, 9.17) is 0 Å². The number of anilines is 2. The average molecular weight is 338 g/mol.